The zero-order valence-corrected chi connectivity index (χ0v) is 11.2. The molecular weight excluding hydrogens is 258 g/mol. The molecule has 1 aliphatic rings. The average molecular weight is 275 g/mol. The highest BCUT2D eigenvalue weighted by molar-refractivity contribution is 5.94. The molecule has 1 amide bonds. The van der Waals surface area contributed by atoms with E-state index in [4.69, 9.17) is 4.74 Å². The van der Waals surface area contributed by atoms with E-state index in [1.165, 1.54) is 0 Å². The molecule has 0 radical (unpaired) electrons. The highest BCUT2D eigenvalue weighted by Gasteiger charge is 2.30. The number of ether oxygens (including phenoxy) is 1. The maximum Gasteiger partial charge on any atom is 0.254 e. The van der Waals surface area contributed by atoms with Crippen LogP contribution in [0.2, 0.25) is 0 Å². The number of hydrogen-bond donors (Lipinski definition) is 3. The van der Waals surface area contributed by atoms with Gasteiger partial charge in [-0.1, -0.05) is 0 Å². The standard InChI is InChI=1S/C13H17N5O2/c1-8-11(7-17-18-8)13(19)14-4-9-2-3-20-12(9)10-5-15-16-6-10/h5-7,9,12H,2-4H2,1H3,(H,14,19)(H,15,16)(H,17,18)/t9-,12+/m1/s1. The molecule has 0 aromatic carbocycles. The summed E-state index contributed by atoms with van der Waals surface area (Å²) in [5.74, 6) is 0.165. The highest BCUT2D eigenvalue weighted by Crippen LogP contribution is 2.33. The number of aryl methyl sites for hydroxylation is 1. The molecule has 1 aliphatic heterocycles. The minimum absolute atomic E-state index is 0.000466. The van der Waals surface area contributed by atoms with Gasteiger partial charge in [-0.05, 0) is 13.3 Å². The summed E-state index contributed by atoms with van der Waals surface area (Å²) in [7, 11) is 0. The van der Waals surface area contributed by atoms with Crippen LogP contribution in [0.4, 0.5) is 0 Å². The van der Waals surface area contributed by atoms with Gasteiger partial charge in [-0.15, -0.1) is 0 Å². The topological polar surface area (TPSA) is 95.7 Å². The van der Waals surface area contributed by atoms with Gasteiger partial charge in [-0.25, -0.2) is 0 Å². The second-order valence-electron chi connectivity index (χ2n) is 4.99. The Balaban J connectivity index is 1.61. The smallest absolute Gasteiger partial charge is 0.254 e. The van der Waals surface area contributed by atoms with Gasteiger partial charge in [0.25, 0.3) is 5.91 Å². The monoisotopic (exact) mass is 275 g/mol. The minimum atomic E-state index is -0.103. The fourth-order valence-electron chi connectivity index (χ4n) is 2.53. The molecule has 1 fully saturated rings. The minimum Gasteiger partial charge on any atom is -0.373 e. The summed E-state index contributed by atoms with van der Waals surface area (Å²) >= 11 is 0. The number of aromatic amines is 2. The quantitative estimate of drug-likeness (QED) is 0.774. The van der Waals surface area contributed by atoms with Crippen molar-refractivity contribution in [3.05, 3.63) is 35.4 Å². The Morgan fingerprint density at radius 3 is 3.10 bits per heavy atom. The van der Waals surface area contributed by atoms with Crippen LogP contribution in [0.15, 0.2) is 18.6 Å². The number of carbonyl (C=O) groups excluding carboxylic acids is 1. The van der Waals surface area contributed by atoms with Gasteiger partial charge >= 0.3 is 0 Å². The van der Waals surface area contributed by atoms with Gasteiger partial charge in [0.05, 0.1) is 24.1 Å². The summed E-state index contributed by atoms with van der Waals surface area (Å²) in [6.07, 6.45) is 6.08. The van der Waals surface area contributed by atoms with Crippen molar-refractivity contribution in [3.8, 4) is 0 Å². The van der Waals surface area contributed by atoms with Gasteiger partial charge in [0.15, 0.2) is 0 Å². The van der Waals surface area contributed by atoms with Gasteiger partial charge in [-0.2, -0.15) is 10.2 Å². The summed E-state index contributed by atoms with van der Waals surface area (Å²) in [6.45, 7) is 3.12. The first kappa shape index (κ1) is 12.9. The first-order valence-electron chi connectivity index (χ1n) is 6.64. The van der Waals surface area contributed by atoms with Crippen LogP contribution in [0.5, 0.6) is 0 Å². The lowest BCUT2D eigenvalue weighted by molar-refractivity contribution is 0.0846. The molecule has 3 rings (SSSR count). The number of amides is 1. The van der Waals surface area contributed by atoms with Gasteiger partial charge in [0, 0.05) is 36.5 Å². The zero-order valence-electron chi connectivity index (χ0n) is 11.2. The van der Waals surface area contributed by atoms with E-state index in [1.807, 2.05) is 13.1 Å². The second-order valence-corrected chi connectivity index (χ2v) is 4.99. The van der Waals surface area contributed by atoms with E-state index in [9.17, 15) is 4.79 Å². The maximum absolute atomic E-state index is 12.0. The fourth-order valence-corrected chi connectivity index (χ4v) is 2.53. The van der Waals surface area contributed by atoms with Crippen molar-refractivity contribution >= 4 is 5.91 Å². The number of carbonyl (C=O) groups is 1. The molecule has 1 saturated heterocycles. The summed E-state index contributed by atoms with van der Waals surface area (Å²) in [5, 5.41) is 16.3. The van der Waals surface area contributed by atoms with Crippen molar-refractivity contribution in [2.75, 3.05) is 13.2 Å². The summed E-state index contributed by atoms with van der Waals surface area (Å²) in [6, 6.07) is 0. The molecule has 3 heterocycles. The molecule has 7 heteroatoms. The normalized spacial score (nSPS) is 22.1. The third-order valence-electron chi connectivity index (χ3n) is 3.66. The number of rotatable bonds is 4. The molecular formula is C13H17N5O2. The first-order valence-corrected chi connectivity index (χ1v) is 6.64. The van der Waals surface area contributed by atoms with Crippen molar-refractivity contribution in [1.29, 1.82) is 0 Å². The highest BCUT2D eigenvalue weighted by atomic mass is 16.5. The van der Waals surface area contributed by atoms with Crippen molar-refractivity contribution < 1.29 is 9.53 Å². The lowest BCUT2D eigenvalue weighted by Crippen LogP contribution is -2.30. The maximum atomic E-state index is 12.0. The molecule has 106 valence electrons. The van der Waals surface area contributed by atoms with E-state index in [0.717, 1.165) is 17.7 Å². The number of aromatic nitrogens is 4. The van der Waals surface area contributed by atoms with Crippen LogP contribution in [0, 0.1) is 12.8 Å². The second kappa shape index (κ2) is 5.46. The van der Waals surface area contributed by atoms with E-state index < -0.39 is 0 Å². The molecule has 20 heavy (non-hydrogen) atoms. The average Bonchev–Trinajstić information content (AvgIpc) is 3.16. The molecule has 0 saturated carbocycles. The van der Waals surface area contributed by atoms with Crippen LogP contribution in [-0.4, -0.2) is 39.5 Å². The van der Waals surface area contributed by atoms with E-state index >= 15 is 0 Å². The largest absolute Gasteiger partial charge is 0.373 e. The van der Waals surface area contributed by atoms with E-state index in [2.05, 4.69) is 25.7 Å². The Hall–Kier alpha value is -2.15. The summed E-state index contributed by atoms with van der Waals surface area (Å²) < 4.78 is 5.73. The molecule has 2 aromatic heterocycles. The Morgan fingerprint density at radius 1 is 1.50 bits per heavy atom. The third-order valence-corrected chi connectivity index (χ3v) is 3.66. The Labute approximate surface area is 116 Å². The van der Waals surface area contributed by atoms with Crippen molar-refractivity contribution in [2.45, 2.75) is 19.4 Å². The molecule has 0 aliphatic carbocycles. The molecule has 2 aromatic rings. The predicted octanol–water partition coefficient (Wildman–Crippen LogP) is 0.949. The van der Waals surface area contributed by atoms with Crippen molar-refractivity contribution in [1.82, 2.24) is 25.7 Å². The van der Waals surface area contributed by atoms with Crippen LogP contribution in [0.25, 0.3) is 0 Å². The van der Waals surface area contributed by atoms with Gasteiger partial charge in [0.2, 0.25) is 0 Å². The lowest BCUT2D eigenvalue weighted by Gasteiger charge is -2.17. The summed E-state index contributed by atoms with van der Waals surface area (Å²) in [4.78, 5) is 12.0. The Morgan fingerprint density at radius 2 is 2.40 bits per heavy atom. The Kier molecular flexibility index (Phi) is 3.51. The molecule has 0 spiro atoms. The van der Waals surface area contributed by atoms with Crippen LogP contribution in [0.3, 0.4) is 0 Å². The lowest BCUT2D eigenvalue weighted by atomic mass is 9.97. The summed E-state index contributed by atoms with van der Waals surface area (Å²) in [5.41, 5.74) is 2.39. The van der Waals surface area contributed by atoms with Gasteiger partial charge < -0.3 is 10.1 Å². The molecule has 7 nitrogen and oxygen atoms in total. The van der Waals surface area contributed by atoms with Crippen molar-refractivity contribution in [3.63, 3.8) is 0 Å². The fraction of sp³-hybridized carbons (Fsp3) is 0.462. The molecule has 3 N–H and O–H groups in total. The molecule has 0 bridgehead atoms. The predicted molar refractivity (Wildman–Crippen MR) is 71.0 cm³/mol. The van der Waals surface area contributed by atoms with Crippen molar-refractivity contribution in [2.24, 2.45) is 5.92 Å². The molecule has 2 atom stereocenters. The van der Waals surface area contributed by atoms with Gasteiger partial charge in [0.1, 0.15) is 0 Å². The van der Waals surface area contributed by atoms with E-state index in [0.29, 0.717) is 18.7 Å². The number of nitrogens with one attached hydrogen (secondary N) is 3. The first-order chi connectivity index (χ1) is 9.75. The SMILES string of the molecule is Cc1[nH]ncc1C(=O)NC[C@H]1CCO[C@@H]1c1cn[nH]c1. The van der Waals surface area contributed by atoms with Crippen LogP contribution < -0.4 is 5.32 Å². The Bertz CT molecular complexity index is 577. The van der Waals surface area contributed by atoms with E-state index in [1.54, 1.807) is 12.4 Å². The van der Waals surface area contributed by atoms with E-state index in [-0.39, 0.29) is 17.9 Å². The zero-order chi connectivity index (χ0) is 13.9. The number of nitrogens with zero attached hydrogens (tertiary/aromatic N) is 2. The number of H-pyrrole nitrogens is 2. The van der Waals surface area contributed by atoms with Gasteiger partial charge in [-0.3, -0.25) is 15.0 Å². The van der Waals surface area contributed by atoms with Crippen LogP contribution in [0.1, 0.15) is 34.1 Å². The van der Waals surface area contributed by atoms with Crippen LogP contribution in [-0.2, 0) is 4.74 Å². The van der Waals surface area contributed by atoms with Crippen LogP contribution >= 0.6 is 0 Å². The third kappa shape index (κ3) is 2.44. The number of hydrogen-bond acceptors (Lipinski definition) is 4. The molecule has 0 unspecified atom stereocenters.